The Morgan fingerprint density at radius 2 is 1.44 bits per heavy atom. The number of aliphatic imine (C=N–C) groups is 1. The maximum atomic E-state index is 14.9. The first-order valence-corrected chi connectivity index (χ1v) is 15.7. The smallest absolute Gasteiger partial charge is 0.326 e. The van der Waals surface area contributed by atoms with Crippen LogP contribution < -0.4 is 4.74 Å². The van der Waals surface area contributed by atoms with Crippen LogP contribution in [-0.2, 0) is 16.5 Å². The highest BCUT2D eigenvalue weighted by Gasteiger charge is 2.60. The minimum Gasteiger partial charge on any atom is -0.493 e. The molecule has 6 nitrogen and oxygen atoms in total. The molecule has 0 bridgehead atoms. The number of hydrogen-bond acceptors (Lipinski definition) is 4. The van der Waals surface area contributed by atoms with Gasteiger partial charge in [0.15, 0.2) is 0 Å². The predicted molar refractivity (Wildman–Crippen MR) is 177 cm³/mol. The van der Waals surface area contributed by atoms with Gasteiger partial charge in [0.2, 0.25) is 0 Å². The third kappa shape index (κ3) is 5.65. The molecular weight excluding hydrogens is 579 g/mol. The quantitative estimate of drug-likeness (QED) is 0.291. The number of likely N-dealkylation sites (N-methyl/N-ethyl adjacent to an activating group) is 1. The molecule has 3 aromatic rings. The number of benzene rings is 3. The van der Waals surface area contributed by atoms with Crippen LogP contribution in [0.15, 0.2) is 71.7 Å². The number of rotatable bonds is 5. The lowest BCUT2D eigenvalue weighted by atomic mass is 9.71. The second-order valence-corrected chi connectivity index (χ2v) is 13.8. The Morgan fingerprint density at radius 3 is 1.98 bits per heavy atom. The summed E-state index contributed by atoms with van der Waals surface area (Å²) >= 11 is 12.7. The van der Waals surface area contributed by atoms with E-state index in [4.69, 9.17) is 32.9 Å². The van der Waals surface area contributed by atoms with Gasteiger partial charge in [0.05, 0.1) is 12.2 Å². The van der Waals surface area contributed by atoms with Crippen molar-refractivity contribution in [1.29, 1.82) is 0 Å². The fourth-order valence-corrected chi connectivity index (χ4v) is 6.41. The van der Waals surface area contributed by atoms with Gasteiger partial charge in [0, 0.05) is 36.2 Å². The lowest BCUT2D eigenvalue weighted by Gasteiger charge is -2.47. The van der Waals surface area contributed by atoms with Crippen LogP contribution >= 0.6 is 23.2 Å². The Labute approximate surface area is 266 Å². The topological polar surface area (TPSA) is 48.4 Å². The van der Waals surface area contributed by atoms with Crippen molar-refractivity contribution < 1.29 is 9.53 Å². The van der Waals surface area contributed by atoms with Crippen LogP contribution in [-0.4, -0.2) is 66.4 Å². The molecule has 43 heavy (non-hydrogen) atoms. The molecule has 2 aliphatic heterocycles. The number of urea groups is 1. The molecule has 2 atom stereocenters. The van der Waals surface area contributed by atoms with Crippen LogP contribution in [0.5, 0.6) is 5.75 Å². The van der Waals surface area contributed by atoms with Gasteiger partial charge in [-0.3, -0.25) is 9.89 Å². The third-order valence-electron chi connectivity index (χ3n) is 9.10. The molecule has 0 spiro atoms. The molecule has 0 radical (unpaired) electrons. The third-order valence-corrected chi connectivity index (χ3v) is 9.61. The zero-order valence-electron chi connectivity index (χ0n) is 26.2. The van der Waals surface area contributed by atoms with Gasteiger partial charge < -0.3 is 14.5 Å². The zero-order chi connectivity index (χ0) is 31.2. The number of amidine groups is 1. The first kappa shape index (κ1) is 31.4. The zero-order valence-corrected chi connectivity index (χ0v) is 27.8. The van der Waals surface area contributed by atoms with Gasteiger partial charge in [-0.25, -0.2) is 4.79 Å². The minimum atomic E-state index is -0.923. The van der Waals surface area contributed by atoms with E-state index in [0.717, 1.165) is 35.3 Å². The Kier molecular flexibility index (Phi) is 8.60. The van der Waals surface area contributed by atoms with Crippen molar-refractivity contribution in [3.05, 3.63) is 99.0 Å². The number of piperazine rings is 1. The van der Waals surface area contributed by atoms with E-state index in [1.165, 1.54) is 0 Å². The van der Waals surface area contributed by atoms with Crippen molar-refractivity contribution in [1.82, 2.24) is 14.7 Å². The Morgan fingerprint density at radius 1 is 0.884 bits per heavy atom. The van der Waals surface area contributed by atoms with E-state index >= 15 is 0 Å². The number of amides is 2. The number of ether oxygens (including phenoxy) is 1. The van der Waals surface area contributed by atoms with Gasteiger partial charge in [-0.15, -0.1) is 0 Å². The molecule has 5 rings (SSSR count). The van der Waals surface area contributed by atoms with Crippen LogP contribution in [0.1, 0.15) is 63.8 Å². The van der Waals surface area contributed by atoms with E-state index in [9.17, 15) is 4.79 Å². The standard InChI is InChI=1S/C35H42Cl2N4O2/c1-8-43-30-23-26(33(2,3)4)13-18-29(30)31-38-34(5,24-9-14-27(36)15-10-24)35(6,25-11-16-28(37)17-12-25)41(31)32(42)40-21-19-39(7)20-22-40/h9-18,23H,8,19-22H2,1-7H3/t34-,35+/m0/s1. The van der Waals surface area contributed by atoms with Crippen LogP contribution in [0.4, 0.5) is 4.79 Å². The number of carbonyl (C=O) groups excluding carboxylic acids is 1. The SMILES string of the molecule is CCOc1cc(C(C)(C)C)ccc1C1=N[C@@](C)(c2ccc(Cl)cc2)[C@@](C)(c2ccc(Cl)cc2)N1C(=O)N1CCN(C)CC1. The number of hydrogen-bond donors (Lipinski definition) is 0. The molecule has 2 amide bonds. The van der Waals surface area contributed by atoms with Crippen LogP contribution in [0.3, 0.4) is 0 Å². The van der Waals surface area contributed by atoms with Gasteiger partial charge in [-0.1, -0.05) is 74.3 Å². The highest BCUT2D eigenvalue weighted by atomic mass is 35.5. The summed E-state index contributed by atoms with van der Waals surface area (Å²) in [5.41, 5.74) is 1.94. The molecule has 0 aliphatic carbocycles. The average molecular weight is 622 g/mol. The molecule has 228 valence electrons. The summed E-state index contributed by atoms with van der Waals surface area (Å²) in [6.45, 7) is 16.1. The fourth-order valence-electron chi connectivity index (χ4n) is 6.15. The molecular formula is C35H42Cl2N4O2. The second-order valence-electron chi connectivity index (χ2n) is 12.9. The summed E-state index contributed by atoms with van der Waals surface area (Å²) in [5.74, 6) is 1.30. The predicted octanol–water partition coefficient (Wildman–Crippen LogP) is 7.95. The van der Waals surface area contributed by atoms with Gasteiger partial charge in [-0.2, -0.15) is 0 Å². The highest BCUT2D eigenvalue weighted by Crippen LogP contribution is 2.54. The molecule has 2 aliphatic rings. The minimum absolute atomic E-state index is 0.0765. The summed E-state index contributed by atoms with van der Waals surface area (Å²) in [6, 6.07) is 21.7. The lowest BCUT2D eigenvalue weighted by molar-refractivity contribution is 0.0917. The first-order valence-electron chi connectivity index (χ1n) is 15.0. The van der Waals surface area contributed by atoms with E-state index < -0.39 is 11.1 Å². The maximum absolute atomic E-state index is 14.9. The molecule has 0 unspecified atom stereocenters. The molecule has 8 heteroatoms. The number of carbonyl (C=O) groups is 1. The van der Waals surface area contributed by atoms with Crippen molar-refractivity contribution in [3.63, 3.8) is 0 Å². The van der Waals surface area contributed by atoms with Crippen LogP contribution in [0.2, 0.25) is 10.0 Å². The molecule has 2 heterocycles. The van der Waals surface area contributed by atoms with Crippen molar-refractivity contribution in [2.24, 2.45) is 4.99 Å². The molecule has 0 aromatic heterocycles. The highest BCUT2D eigenvalue weighted by molar-refractivity contribution is 6.30. The summed E-state index contributed by atoms with van der Waals surface area (Å²) in [4.78, 5) is 26.5. The van der Waals surface area contributed by atoms with E-state index in [1.807, 2.05) is 65.3 Å². The van der Waals surface area contributed by atoms with E-state index in [2.05, 4.69) is 64.8 Å². The second kappa shape index (κ2) is 11.8. The summed E-state index contributed by atoms with van der Waals surface area (Å²) in [7, 11) is 2.09. The Hall–Kier alpha value is -3.06. The lowest BCUT2D eigenvalue weighted by Crippen LogP contribution is -2.60. The number of nitrogens with zero attached hydrogens (tertiary/aromatic N) is 4. The van der Waals surface area contributed by atoms with Crippen molar-refractivity contribution in [2.75, 3.05) is 39.8 Å². The van der Waals surface area contributed by atoms with Crippen molar-refractivity contribution >= 4 is 35.1 Å². The molecule has 1 saturated heterocycles. The van der Waals surface area contributed by atoms with Gasteiger partial charge in [0.25, 0.3) is 0 Å². The van der Waals surface area contributed by atoms with Gasteiger partial charge >= 0.3 is 6.03 Å². The number of halogens is 2. The van der Waals surface area contributed by atoms with Crippen LogP contribution in [0, 0.1) is 0 Å². The summed E-state index contributed by atoms with van der Waals surface area (Å²) in [6.07, 6.45) is 0. The Balaban J connectivity index is 1.79. The van der Waals surface area contributed by atoms with Crippen LogP contribution in [0.25, 0.3) is 0 Å². The van der Waals surface area contributed by atoms with Crippen molar-refractivity contribution in [2.45, 2.75) is 58.0 Å². The molecule has 0 saturated carbocycles. The fraction of sp³-hybridized carbons (Fsp3) is 0.429. The van der Waals surface area contributed by atoms with Crippen molar-refractivity contribution in [3.8, 4) is 5.75 Å². The van der Waals surface area contributed by atoms with E-state index in [0.29, 0.717) is 41.3 Å². The van der Waals surface area contributed by atoms with Gasteiger partial charge in [-0.05, 0) is 86.3 Å². The molecule has 0 N–H and O–H groups in total. The summed E-state index contributed by atoms with van der Waals surface area (Å²) in [5, 5.41) is 1.28. The summed E-state index contributed by atoms with van der Waals surface area (Å²) < 4.78 is 6.28. The maximum Gasteiger partial charge on any atom is 0.326 e. The Bertz CT molecular complexity index is 1510. The molecule has 1 fully saturated rings. The largest absolute Gasteiger partial charge is 0.493 e. The van der Waals surface area contributed by atoms with Gasteiger partial charge in [0.1, 0.15) is 22.7 Å². The van der Waals surface area contributed by atoms with E-state index in [-0.39, 0.29) is 11.4 Å². The van der Waals surface area contributed by atoms with E-state index in [1.54, 1.807) is 0 Å². The monoisotopic (exact) mass is 620 g/mol. The average Bonchev–Trinajstić information content (AvgIpc) is 3.21. The normalized spacial score (nSPS) is 23.0. The first-order chi connectivity index (χ1) is 20.3. The molecule has 3 aromatic carbocycles.